The molecule has 3 aliphatic heterocycles. The lowest BCUT2D eigenvalue weighted by molar-refractivity contribution is -0.219. The number of fused-ring (bicyclic) bond motifs is 3. The lowest BCUT2D eigenvalue weighted by Crippen LogP contribution is -2.71. The van der Waals surface area contributed by atoms with E-state index in [4.69, 9.17) is 0 Å². The van der Waals surface area contributed by atoms with Gasteiger partial charge in [0.05, 0.1) is 32.0 Å². The molecule has 34 heteroatoms. The van der Waals surface area contributed by atoms with E-state index < -0.39 is 254 Å². The molecule has 4 saturated carbocycles. The Labute approximate surface area is 632 Å². The Kier molecular flexibility index (Phi) is 29.7. The van der Waals surface area contributed by atoms with E-state index in [1.54, 1.807) is 39.8 Å². The Morgan fingerprint density at radius 3 is 1.81 bits per heavy atom. The van der Waals surface area contributed by atoms with Crippen molar-refractivity contribution >= 4 is 70.9 Å². The fourth-order valence-corrected chi connectivity index (χ4v) is 17.6. The van der Waals surface area contributed by atoms with Crippen LogP contribution in [0.1, 0.15) is 182 Å². The second-order valence-corrected chi connectivity index (χ2v) is 33.1. The van der Waals surface area contributed by atoms with Crippen molar-refractivity contribution < 1.29 is 101 Å². The fraction of sp³-hybridized carbons (Fsp3) is 0.813. The van der Waals surface area contributed by atoms with Crippen molar-refractivity contribution in [2.75, 3.05) is 82.6 Å². The standard InChI is InChI=1S/C75H114F10N12O12/c1-14-16-24-51-62(101)87-60(43(3)15-2)68(107)91(9)39-58(100)93(11)52-25-18-17-21-32-96(67(52)106)54(35-44-26-29-47(30-27-44)74(80,81)82)66(105)90(8)38-56(98)86-50(31-28-45-33-48(76)59(49(77)34-45)75(83,84)85)64(103)97-42-73(78,79)37-55(97)63(102)88-72(40-71(4,5)41-72)70(109)95(13)61(46-22-19-20-23-46)69(108)94(12)53(65(104)89(6)7)36-57(99)92(51)10/h17-18,43-55,59-61H,14-16,19-42H2,1-13H3,(H,86,98)(H,87,101)(H,88,102)/b18-17-/t43-,44?,45?,47?,48?,49?,50-,51-,52-,53-,54-,55-,59?,60-,61-/m0/s1. The van der Waals surface area contributed by atoms with E-state index >= 15 is 46.3 Å². The number of unbranched alkanes of at least 4 members (excludes halogenated alkanes) is 1. The molecule has 7 rings (SSSR count). The van der Waals surface area contributed by atoms with Gasteiger partial charge in [0.1, 0.15) is 72.1 Å². The van der Waals surface area contributed by atoms with Crippen LogP contribution in [-0.2, 0) is 57.5 Å². The van der Waals surface area contributed by atoms with E-state index in [9.17, 15) is 55.1 Å². The number of hydrogen-bond donors (Lipinski definition) is 3. The third-order valence-electron chi connectivity index (χ3n) is 24.0. The van der Waals surface area contributed by atoms with Crippen LogP contribution in [0.15, 0.2) is 12.2 Å². The van der Waals surface area contributed by atoms with Gasteiger partial charge in [0.25, 0.3) is 5.92 Å². The number of carbonyl (C=O) groups excluding carboxylic acids is 12. The summed E-state index contributed by atoms with van der Waals surface area (Å²) in [6.45, 7) is 5.40. The normalized spacial score (nSPS) is 32.0. The van der Waals surface area contributed by atoms with E-state index in [0.717, 1.165) is 46.2 Å². The van der Waals surface area contributed by atoms with E-state index in [1.807, 2.05) is 6.92 Å². The molecule has 2 bridgehead atoms. The zero-order valence-corrected chi connectivity index (χ0v) is 65.2. The van der Waals surface area contributed by atoms with E-state index in [0.29, 0.717) is 49.8 Å². The predicted molar refractivity (Wildman–Crippen MR) is 380 cm³/mol. The van der Waals surface area contributed by atoms with Gasteiger partial charge in [-0.15, -0.1) is 0 Å². The Balaban J connectivity index is 1.34. The number of halogens is 10. The number of carbonyl (C=O) groups is 12. The van der Waals surface area contributed by atoms with Crippen molar-refractivity contribution in [3.63, 3.8) is 0 Å². The first kappa shape index (κ1) is 88.9. The maximum Gasteiger partial charge on any atom is 0.397 e. The first-order chi connectivity index (χ1) is 50.7. The summed E-state index contributed by atoms with van der Waals surface area (Å²) in [4.78, 5) is 190. The van der Waals surface area contributed by atoms with Gasteiger partial charge in [-0.05, 0) is 132 Å². The molecule has 7 aliphatic rings. The molecule has 109 heavy (non-hydrogen) atoms. The summed E-state index contributed by atoms with van der Waals surface area (Å²) in [5.41, 5.74) is -2.71. The molecule has 2 saturated heterocycles. The Hall–Kier alpha value is -7.32. The topological polar surface area (TPSA) is 270 Å². The first-order valence-corrected chi connectivity index (χ1v) is 38.4. The van der Waals surface area contributed by atoms with Gasteiger partial charge < -0.3 is 60.0 Å². The SMILES string of the molecule is CCCC[C@H]1C(=O)N[C@@H]([C@@H](C)CC)C(=O)N(C)CC(=O)N(C)[C@H]2C/C=C\CCN(C2=O)[C@@H](CC2CCC(C(F)(F)F)CC2)C(=O)N(C)CC(=O)N[C@@H](CCC2CC(F)C(C(F)(F)F)C(F)C2)C(=O)N2CC(F)(F)C[C@H]2C(=O)NC2(CC(C)(C)C2)C(=O)N(C)[C@@H](C2CCCC2)C(=O)N(C)[C@H](C(=O)N(C)C)CC(=O)N1C. The number of amides is 12. The van der Waals surface area contributed by atoms with Crippen LogP contribution in [0.2, 0.25) is 0 Å². The minimum atomic E-state index is -5.28. The average Bonchev–Trinajstić information content (AvgIpc) is 1.69. The Bertz CT molecular complexity index is 3310. The van der Waals surface area contributed by atoms with Gasteiger partial charge in [-0.2, -0.15) is 26.3 Å². The molecule has 2 unspecified atom stereocenters. The second kappa shape index (κ2) is 36.4. The van der Waals surface area contributed by atoms with Crippen molar-refractivity contribution in [1.29, 1.82) is 0 Å². The molecule has 12 amide bonds. The van der Waals surface area contributed by atoms with Gasteiger partial charge >= 0.3 is 12.4 Å². The summed E-state index contributed by atoms with van der Waals surface area (Å²) >= 11 is 0. The summed E-state index contributed by atoms with van der Waals surface area (Å²) in [7, 11) is 10.5. The summed E-state index contributed by atoms with van der Waals surface area (Å²) < 4.78 is 147. The Morgan fingerprint density at radius 1 is 0.642 bits per heavy atom. The summed E-state index contributed by atoms with van der Waals surface area (Å²) in [6, 6.07) is -12.7. The minimum absolute atomic E-state index is 0.0528. The highest BCUT2D eigenvalue weighted by Gasteiger charge is 2.61. The Morgan fingerprint density at radius 2 is 1.25 bits per heavy atom. The van der Waals surface area contributed by atoms with Crippen LogP contribution in [0, 0.1) is 40.9 Å². The largest absolute Gasteiger partial charge is 0.397 e. The molecule has 6 fully saturated rings. The zero-order chi connectivity index (χ0) is 81.5. The second-order valence-electron chi connectivity index (χ2n) is 33.1. The van der Waals surface area contributed by atoms with Crippen LogP contribution >= 0.6 is 0 Å². The lowest BCUT2D eigenvalue weighted by Gasteiger charge is -2.54. The molecular weight excluding hydrogens is 1450 g/mol. The quantitative estimate of drug-likeness (QED) is 0.128. The zero-order valence-electron chi connectivity index (χ0n) is 65.2. The van der Waals surface area contributed by atoms with Crippen molar-refractivity contribution in [2.45, 2.75) is 267 Å². The van der Waals surface area contributed by atoms with E-state index in [2.05, 4.69) is 16.0 Å². The highest BCUT2D eigenvalue weighted by Crippen LogP contribution is 2.51. The molecule has 4 aliphatic carbocycles. The molecule has 0 radical (unpaired) electrons. The highest BCUT2D eigenvalue weighted by atomic mass is 19.4. The molecule has 0 aromatic carbocycles. The molecule has 3 heterocycles. The van der Waals surface area contributed by atoms with Crippen molar-refractivity contribution in [2.24, 2.45) is 40.9 Å². The van der Waals surface area contributed by atoms with Crippen molar-refractivity contribution in [3.05, 3.63) is 12.2 Å². The molecular formula is C75H114F10N12O12. The fourth-order valence-electron chi connectivity index (χ4n) is 17.6. The van der Waals surface area contributed by atoms with Crippen LogP contribution in [0.4, 0.5) is 43.9 Å². The van der Waals surface area contributed by atoms with Crippen molar-refractivity contribution in [1.82, 2.24) is 60.0 Å². The van der Waals surface area contributed by atoms with Gasteiger partial charge in [0.2, 0.25) is 70.9 Å². The maximum absolute atomic E-state index is 16.3. The van der Waals surface area contributed by atoms with Gasteiger partial charge in [0.15, 0.2) is 0 Å². The highest BCUT2D eigenvalue weighted by molar-refractivity contribution is 6.01. The number of rotatable bonds is 12. The first-order valence-electron chi connectivity index (χ1n) is 38.4. The van der Waals surface area contributed by atoms with Gasteiger partial charge in [-0.3, -0.25) is 57.5 Å². The van der Waals surface area contributed by atoms with Crippen molar-refractivity contribution in [3.8, 4) is 0 Å². The molecule has 24 nitrogen and oxygen atoms in total. The number of alkyl halides is 10. The molecule has 1 spiro atoms. The molecule has 616 valence electrons. The number of likely N-dealkylation sites (N-methyl/N-ethyl adjacent to an activating group) is 7. The van der Waals surface area contributed by atoms with Crippen LogP contribution in [0.25, 0.3) is 0 Å². The smallest absolute Gasteiger partial charge is 0.347 e. The van der Waals surface area contributed by atoms with Crippen LogP contribution in [0.5, 0.6) is 0 Å². The predicted octanol–water partition coefficient (Wildman–Crippen LogP) is 7.36. The van der Waals surface area contributed by atoms with Crippen LogP contribution < -0.4 is 16.0 Å². The van der Waals surface area contributed by atoms with Gasteiger partial charge in [0, 0.05) is 69.3 Å². The average molecular weight is 1570 g/mol. The third-order valence-corrected chi connectivity index (χ3v) is 24.0. The number of nitrogens with one attached hydrogen (secondary N) is 3. The van der Waals surface area contributed by atoms with Gasteiger partial charge in [-0.1, -0.05) is 78.9 Å². The van der Waals surface area contributed by atoms with Gasteiger partial charge in [-0.25, -0.2) is 17.6 Å². The molecule has 3 N–H and O–H groups in total. The minimum Gasteiger partial charge on any atom is -0.347 e. The molecule has 0 aromatic heterocycles. The van der Waals surface area contributed by atoms with E-state index in [1.165, 1.54) is 49.3 Å². The van der Waals surface area contributed by atoms with Crippen LogP contribution in [0.3, 0.4) is 0 Å². The lowest BCUT2D eigenvalue weighted by atomic mass is 9.58. The number of nitrogens with zero attached hydrogens (tertiary/aromatic N) is 9. The monoisotopic (exact) mass is 1560 g/mol. The van der Waals surface area contributed by atoms with E-state index in [-0.39, 0.29) is 70.8 Å². The maximum atomic E-state index is 16.3. The summed E-state index contributed by atoms with van der Waals surface area (Å²) in [5.74, 6) is -22.7. The van der Waals surface area contributed by atoms with Crippen LogP contribution in [-0.4, -0.2) is 282 Å². The summed E-state index contributed by atoms with van der Waals surface area (Å²) in [6.07, 6.45) is -15.1. The summed E-state index contributed by atoms with van der Waals surface area (Å²) in [5, 5.41) is 7.92. The molecule has 0 aromatic rings. The number of hydrogen-bond acceptors (Lipinski definition) is 12. The third kappa shape index (κ3) is 21.5. The molecule has 11 atom stereocenters.